The van der Waals surface area contributed by atoms with Crippen molar-refractivity contribution < 1.29 is 13.2 Å². The summed E-state index contributed by atoms with van der Waals surface area (Å²) < 4.78 is 27.3. The normalized spacial score (nSPS) is 12.3. The highest BCUT2D eigenvalue weighted by molar-refractivity contribution is 7.90. The topological polar surface area (TPSA) is 79.0 Å². The van der Waals surface area contributed by atoms with Crippen molar-refractivity contribution in [3.63, 3.8) is 0 Å². The summed E-state index contributed by atoms with van der Waals surface area (Å²) in [6.45, 7) is 10.1. The van der Waals surface area contributed by atoms with E-state index in [2.05, 4.69) is 30.5 Å². The van der Waals surface area contributed by atoms with Crippen LogP contribution >= 0.6 is 0 Å². The van der Waals surface area contributed by atoms with E-state index in [9.17, 15) is 13.2 Å². The number of fused-ring (bicyclic) bond motifs is 1. The third kappa shape index (κ3) is 3.76. The summed E-state index contributed by atoms with van der Waals surface area (Å²) in [6.07, 6.45) is 0. The van der Waals surface area contributed by atoms with Crippen LogP contribution in [0.25, 0.3) is 10.9 Å². The average molecular weight is 385 g/mol. The number of aromatic amines is 1. The van der Waals surface area contributed by atoms with Crippen LogP contribution in [0.4, 0.5) is 0 Å². The van der Waals surface area contributed by atoms with Crippen molar-refractivity contribution in [2.24, 2.45) is 0 Å². The van der Waals surface area contributed by atoms with E-state index in [0.29, 0.717) is 5.56 Å². The fraction of sp³-hybridized carbons (Fsp3) is 0.286. The van der Waals surface area contributed by atoms with Crippen LogP contribution in [0, 0.1) is 13.8 Å². The third-order valence-corrected chi connectivity index (χ3v) is 6.18. The predicted octanol–water partition coefficient (Wildman–Crippen LogP) is 4.20. The molecule has 27 heavy (non-hydrogen) atoms. The number of benzene rings is 2. The quantitative estimate of drug-likeness (QED) is 0.710. The Morgan fingerprint density at radius 1 is 1.00 bits per heavy atom. The molecule has 0 radical (unpaired) electrons. The number of hydrogen-bond donors (Lipinski definition) is 2. The fourth-order valence-electron chi connectivity index (χ4n) is 2.98. The van der Waals surface area contributed by atoms with Crippen molar-refractivity contribution in [1.82, 2.24) is 9.71 Å². The number of aromatic nitrogens is 1. The summed E-state index contributed by atoms with van der Waals surface area (Å²) in [7, 11) is -3.94. The monoisotopic (exact) mass is 384 g/mol. The van der Waals surface area contributed by atoms with Crippen LogP contribution in [0.2, 0.25) is 0 Å². The second kappa shape index (κ2) is 6.53. The molecule has 1 amide bonds. The lowest BCUT2D eigenvalue weighted by Crippen LogP contribution is -2.30. The van der Waals surface area contributed by atoms with Crippen molar-refractivity contribution in [2.75, 3.05) is 0 Å². The van der Waals surface area contributed by atoms with Gasteiger partial charge in [0.05, 0.1) is 4.90 Å². The smallest absolute Gasteiger partial charge is 0.265 e. The van der Waals surface area contributed by atoms with Gasteiger partial charge < -0.3 is 4.98 Å². The van der Waals surface area contributed by atoms with Gasteiger partial charge >= 0.3 is 0 Å². The van der Waals surface area contributed by atoms with Crippen LogP contribution in [0.3, 0.4) is 0 Å². The van der Waals surface area contributed by atoms with E-state index in [1.807, 2.05) is 13.8 Å². The van der Waals surface area contributed by atoms with Crippen LogP contribution in [-0.2, 0) is 15.4 Å². The van der Waals surface area contributed by atoms with Gasteiger partial charge in [0.25, 0.3) is 15.9 Å². The van der Waals surface area contributed by atoms with Gasteiger partial charge in [0.15, 0.2) is 0 Å². The van der Waals surface area contributed by atoms with Gasteiger partial charge in [0.2, 0.25) is 0 Å². The summed E-state index contributed by atoms with van der Waals surface area (Å²) in [6, 6.07) is 11.7. The van der Waals surface area contributed by atoms with E-state index in [1.165, 1.54) is 12.1 Å². The summed E-state index contributed by atoms with van der Waals surface area (Å²) in [4.78, 5) is 15.8. The van der Waals surface area contributed by atoms with Crippen LogP contribution in [0.1, 0.15) is 48.0 Å². The molecule has 0 saturated heterocycles. The minimum atomic E-state index is -3.94. The number of aryl methyl sites for hydroxylation is 2. The maximum absolute atomic E-state index is 12.6. The number of hydrogen-bond acceptors (Lipinski definition) is 3. The third-order valence-electron chi connectivity index (χ3n) is 4.83. The molecule has 0 aliphatic carbocycles. The van der Waals surface area contributed by atoms with E-state index in [-0.39, 0.29) is 10.3 Å². The molecule has 3 rings (SSSR count). The molecule has 2 aromatic carbocycles. The lowest BCUT2D eigenvalue weighted by molar-refractivity contribution is 0.0981. The molecule has 1 heterocycles. The van der Waals surface area contributed by atoms with Crippen molar-refractivity contribution in [3.8, 4) is 0 Å². The number of H-pyrrole nitrogens is 1. The van der Waals surface area contributed by atoms with Crippen molar-refractivity contribution >= 4 is 26.8 Å². The molecule has 0 spiro atoms. The summed E-state index contributed by atoms with van der Waals surface area (Å²) in [5.41, 5.74) is 4.24. The molecule has 6 heteroatoms. The van der Waals surface area contributed by atoms with Gasteiger partial charge in [-0.05, 0) is 60.7 Å². The zero-order valence-electron chi connectivity index (χ0n) is 16.2. The molecule has 0 fully saturated rings. The number of rotatable bonds is 3. The minimum absolute atomic E-state index is 0.0681. The first kappa shape index (κ1) is 19.2. The number of nitrogens with one attached hydrogen (secondary N) is 2. The van der Waals surface area contributed by atoms with Gasteiger partial charge in [-0.15, -0.1) is 0 Å². The fourth-order valence-corrected chi connectivity index (χ4v) is 3.95. The van der Waals surface area contributed by atoms with Gasteiger partial charge in [-0.25, -0.2) is 13.1 Å². The lowest BCUT2D eigenvalue weighted by atomic mass is 9.87. The van der Waals surface area contributed by atoms with Crippen LogP contribution in [0.5, 0.6) is 0 Å². The highest BCUT2D eigenvalue weighted by Crippen LogP contribution is 2.24. The molecule has 142 valence electrons. The van der Waals surface area contributed by atoms with E-state index in [0.717, 1.165) is 27.7 Å². The van der Waals surface area contributed by atoms with Crippen LogP contribution in [-0.4, -0.2) is 19.3 Å². The molecule has 0 saturated carbocycles. The Balaban J connectivity index is 1.87. The highest BCUT2D eigenvalue weighted by Gasteiger charge is 2.21. The molecule has 1 aromatic heterocycles. The summed E-state index contributed by atoms with van der Waals surface area (Å²) in [5, 5.41) is 0.909. The molecule has 5 nitrogen and oxygen atoms in total. The summed E-state index contributed by atoms with van der Waals surface area (Å²) in [5.74, 6) is -0.643. The van der Waals surface area contributed by atoms with Crippen molar-refractivity contribution in [3.05, 3.63) is 64.8 Å². The molecule has 2 N–H and O–H groups in total. The van der Waals surface area contributed by atoms with Crippen molar-refractivity contribution in [2.45, 2.75) is 44.9 Å². The Labute approximate surface area is 159 Å². The summed E-state index contributed by atoms with van der Waals surface area (Å²) >= 11 is 0. The highest BCUT2D eigenvalue weighted by atomic mass is 32.2. The number of amides is 1. The van der Waals surface area contributed by atoms with Crippen LogP contribution < -0.4 is 4.72 Å². The largest absolute Gasteiger partial charge is 0.358 e. The molecule has 0 atom stereocenters. The minimum Gasteiger partial charge on any atom is -0.358 e. The van der Waals surface area contributed by atoms with E-state index >= 15 is 0 Å². The number of carbonyl (C=O) groups excluding carboxylic acids is 1. The maximum Gasteiger partial charge on any atom is 0.265 e. The van der Waals surface area contributed by atoms with Crippen molar-refractivity contribution in [1.29, 1.82) is 0 Å². The average Bonchev–Trinajstić information content (AvgIpc) is 2.88. The Morgan fingerprint density at radius 3 is 2.22 bits per heavy atom. The SMILES string of the molecule is Cc1[nH]c2ccc(C(=O)NS(=O)(=O)c3ccc(C(C)(C)C)cc3)cc2c1C. The zero-order valence-corrected chi connectivity index (χ0v) is 17.0. The first-order valence-corrected chi connectivity index (χ1v) is 10.2. The number of sulfonamides is 1. The van der Waals surface area contributed by atoms with Gasteiger partial charge in [-0.1, -0.05) is 32.9 Å². The molecular formula is C21H24N2O3S. The molecule has 0 aliphatic rings. The number of carbonyl (C=O) groups is 1. The predicted molar refractivity (Wildman–Crippen MR) is 108 cm³/mol. The van der Waals surface area contributed by atoms with Gasteiger partial charge in [0, 0.05) is 22.2 Å². The van der Waals surface area contributed by atoms with Gasteiger partial charge in [0.1, 0.15) is 0 Å². The molecule has 0 aliphatic heterocycles. The standard InChI is InChI=1S/C21H24N2O3S/c1-13-14(2)22-19-11-6-15(12-18(13)19)20(24)23-27(25,26)17-9-7-16(8-10-17)21(3,4)5/h6-12,22H,1-5H3,(H,23,24). The Kier molecular flexibility index (Phi) is 4.64. The van der Waals surface area contributed by atoms with E-state index < -0.39 is 15.9 Å². The van der Waals surface area contributed by atoms with Gasteiger partial charge in [-0.3, -0.25) is 4.79 Å². The lowest BCUT2D eigenvalue weighted by Gasteiger charge is -2.19. The second-order valence-electron chi connectivity index (χ2n) is 7.84. The van der Waals surface area contributed by atoms with E-state index in [1.54, 1.807) is 30.3 Å². The Hall–Kier alpha value is -2.60. The zero-order chi connectivity index (χ0) is 20.0. The molecule has 0 unspecified atom stereocenters. The first-order valence-electron chi connectivity index (χ1n) is 8.76. The maximum atomic E-state index is 12.6. The van der Waals surface area contributed by atoms with Crippen LogP contribution in [0.15, 0.2) is 47.4 Å². The molecule has 3 aromatic rings. The first-order chi connectivity index (χ1) is 12.5. The van der Waals surface area contributed by atoms with E-state index in [4.69, 9.17) is 0 Å². The molecule has 0 bridgehead atoms. The Bertz CT molecular complexity index is 1120. The molecular weight excluding hydrogens is 360 g/mol. The second-order valence-corrected chi connectivity index (χ2v) is 9.53. The van der Waals surface area contributed by atoms with Gasteiger partial charge in [-0.2, -0.15) is 0 Å². The Morgan fingerprint density at radius 2 is 1.63 bits per heavy atom.